The van der Waals surface area contributed by atoms with E-state index in [1.165, 1.54) is 18.2 Å². The summed E-state index contributed by atoms with van der Waals surface area (Å²) in [5, 5.41) is 8.53. The van der Waals surface area contributed by atoms with E-state index in [-0.39, 0.29) is 27.1 Å². The van der Waals surface area contributed by atoms with Crippen molar-refractivity contribution >= 4 is 75.1 Å². The highest BCUT2D eigenvalue weighted by atomic mass is 35.5. The average molecular weight is 566 g/mol. The Balaban J connectivity index is 1.47. The Kier molecular flexibility index (Phi) is 7.85. The molecule has 186 valence electrons. The van der Waals surface area contributed by atoms with Gasteiger partial charge < -0.3 is 9.50 Å². The predicted octanol–water partition coefficient (Wildman–Crippen LogP) is 5.75. The van der Waals surface area contributed by atoms with Gasteiger partial charge in [-0.3, -0.25) is 14.3 Å². The fourth-order valence-corrected chi connectivity index (χ4v) is 4.91. The summed E-state index contributed by atoms with van der Waals surface area (Å²) in [4.78, 5) is 25.7. The van der Waals surface area contributed by atoms with Crippen LogP contribution in [0.1, 0.15) is 22.8 Å². The van der Waals surface area contributed by atoms with Gasteiger partial charge in [-0.15, -0.1) is 0 Å². The number of aryl methyl sites for hydroxylation is 1. The molecule has 1 aliphatic heterocycles. The standard InChI is InChI=1S/C24H19Cl3N4O4S/c1-13-6-8-18(9-7-13)35-36(34)30-17-5-3-4-15(10-17)23(32)28-22-14(2)24(33)31(29-22)21-19(26)11-16(25)12-20(21)27/h3-12,14,30H,1-2H3,(H,28,29,32). The highest BCUT2D eigenvalue weighted by Crippen LogP contribution is 2.39. The van der Waals surface area contributed by atoms with Crippen LogP contribution in [0.15, 0.2) is 65.8 Å². The maximum atomic E-state index is 12.9. The van der Waals surface area contributed by atoms with E-state index in [4.69, 9.17) is 39.0 Å². The molecule has 0 saturated carbocycles. The minimum absolute atomic E-state index is 0.122. The van der Waals surface area contributed by atoms with E-state index in [9.17, 15) is 13.8 Å². The van der Waals surface area contributed by atoms with Crippen molar-refractivity contribution in [1.29, 1.82) is 0 Å². The molecule has 12 heteroatoms. The number of hydrogen-bond donors (Lipinski definition) is 2. The average Bonchev–Trinajstić information content (AvgIpc) is 3.08. The molecule has 4 rings (SSSR count). The number of rotatable bonds is 6. The largest absolute Gasteiger partial charge is 0.385 e. The van der Waals surface area contributed by atoms with Crippen LogP contribution in [0.5, 0.6) is 5.75 Å². The lowest BCUT2D eigenvalue weighted by atomic mass is 10.1. The zero-order valence-corrected chi connectivity index (χ0v) is 22.0. The van der Waals surface area contributed by atoms with E-state index in [1.54, 1.807) is 37.3 Å². The second kappa shape index (κ2) is 10.9. The molecule has 2 amide bonds. The Hall–Kier alpha value is -3.11. The number of nitrogens with one attached hydrogen (secondary N) is 2. The number of benzene rings is 3. The minimum atomic E-state index is -1.89. The van der Waals surface area contributed by atoms with Crippen molar-refractivity contribution in [2.24, 2.45) is 11.0 Å². The first-order chi connectivity index (χ1) is 17.1. The van der Waals surface area contributed by atoms with Gasteiger partial charge in [-0.25, -0.2) is 0 Å². The Morgan fingerprint density at radius 3 is 2.39 bits per heavy atom. The van der Waals surface area contributed by atoms with Gasteiger partial charge >= 0.3 is 11.3 Å². The normalized spacial score (nSPS) is 15.9. The number of carbonyl (C=O) groups excluding carboxylic acids is 2. The molecule has 0 bridgehead atoms. The molecule has 36 heavy (non-hydrogen) atoms. The van der Waals surface area contributed by atoms with Crippen LogP contribution in [-0.4, -0.2) is 21.9 Å². The van der Waals surface area contributed by atoms with E-state index >= 15 is 0 Å². The lowest BCUT2D eigenvalue weighted by Crippen LogP contribution is -2.35. The molecule has 1 aliphatic rings. The number of hydrogen-bond acceptors (Lipinski definition) is 5. The molecular formula is C24H19Cl3N4O4S. The van der Waals surface area contributed by atoms with Gasteiger partial charge in [0, 0.05) is 10.6 Å². The van der Waals surface area contributed by atoms with Crippen LogP contribution in [0, 0.1) is 12.8 Å². The zero-order valence-electron chi connectivity index (χ0n) is 18.9. The molecule has 2 unspecified atom stereocenters. The predicted molar refractivity (Wildman–Crippen MR) is 143 cm³/mol. The lowest BCUT2D eigenvalue weighted by molar-refractivity contribution is -0.119. The third-order valence-corrected chi connectivity index (χ3v) is 6.69. The van der Waals surface area contributed by atoms with Gasteiger partial charge in [0.25, 0.3) is 11.8 Å². The summed E-state index contributed by atoms with van der Waals surface area (Å²) in [6.45, 7) is 3.53. The zero-order chi connectivity index (χ0) is 26.0. The molecule has 2 N–H and O–H groups in total. The SMILES string of the molecule is Cc1ccc(OS(=O)Nc2cccc(C(=O)NC3=NN(c4c(Cl)cc(Cl)cc4Cl)C(=O)C3C)c2)cc1. The number of hydrazone groups is 1. The van der Waals surface area contributed by atoms with E-state index < -0.39 is 29.0 Å². The summed E-state index contributed by atoms with van der Waals surface area (Å²) in [6.07, 6.45) is 0. The quantitative estimate of drug-likeness (QED) is 0.397. The molecule has 1 heterocycles. The Bertz CT molecular complexity index is 1380. The molecule has 0 spiro atoms. The summed E-state index contributed by atoms with van der Waals surface area (Å²) in [5.74, 6) is -1.14. The van der Waals surface area contributed by atoms with Gasteiger partial charge in [0.15, 0.2) is 0 Å². The van der Waals surface area contributed by atoms with Crippen LogP contribution in [0.2, 0.25) is 15.1 Å². The first-order valence-electron chi connectivity index (χ1n) is 10.5. The molecule has 0 saturated heterocycles. The smallest absolute Gasteiger partial charge is 0.316 e. The highest BCUT2D eigenvalue weighted by Gasteiger charge is 2.36. The molecule has 0 fully saturated rings. The van der Waals surface area contributed by atoms with Crippen LogP contribution < -0.4 is 19.2 Å². The second-order valence-corrected chi connectivity index (χ2v) is 9.93. The third-order valence-electron chi connectivity index (χ3n) is 5.15. The topological polar surface area (TPSA) is 100 Å². The van der Waals surface area contributed by atoms with E-state index in [0.29, 0.717) is 16.5 Å². The van der Waals surface area contributed by atoms with Crippen LogP contribution in [0.4, 0.5) is 11.4 Å². The van der Waals surface area contributed by atoms with E-state index in [1.807, 2.05) is 19.1 Å². The van der Waals surface area contributed by atoms with Gasteiger partial charge in [-0.2, -0.15) is 14.3 Å². The summed E-state index contributed by atoms with van der Waals surface area (Å²) in [6, 6.07) is 16.3. The number of amidine groups is 1. The number of amides is 2. The molecular weight excluding hydrogens is 547 g/mol. The maximum Gasteiger partial charge on any atom is 0.316 e. The highest BCUT2D eigenvalue weighted by molar-refractivity contribution is 7.81. The van der Waals surface area contributed by atoms with Gasteiger partial charge in [-0.05, 0) is 56.3 Å². The summed E-state index contributed by atoms with van der Waals surface area (Å²) >= 11 is 16.5. The van der Waals surface area contributed by atoms with Crippen molar-refractivity contribution < 1.29 is 18.0 Å². The van der Waals surface area contributed by atoms with Crippen LogP contribution in [0.25, 0.3) is 0 Å². The number of anilines is 2. The first-order valence-corrected chi connectivity index (χ1v) is 12.7. The van der Waals surface area contributed by atoms with E-state index in [0.717, 1.165) is 10.6 Å². The fourth-order valence-electron chi connectivity index (χ4n) is 3.29. The monoisotopic (exact) mass is 564 g/mol. The molecule has 0 aromatic heterocycles. The number of carbonyl (C=O) groups is 2. The lowest BCUT2D eigenvalue weighted by Gasteiger charge is -2.16. The van der Waals surface area contributed by atoms with Gasteiger partial charge in [0.2, 0.25) is 0 Å². The van der Waals surface area contributed by atoms with Crippen molar-refractivity contribution in [3.05, 3.63) is 86.9 Å². The summed E-state index contributed by atoms with van der Waals surface area (Å²) < 4.78 is 20.4. The Labute approximate surface area is 225 Å². The summed E-state index contributed by atoms with van der Waals surface area (Å²) in [7, 11) is 0. The van der Waals surface area contributed by atoms with Gasteiger partial charge in [-0.1, -0.05) is 58.6 Å². The van der Waals surface area contributed by atoms with Crippen molar-refractivity contribution in [3.63, 3.8) is 0 Å². The molecule has 0 aliphatic carbocycles. The third kappa shape index (κ3) is 5.82. The Morgan fingerprint density at radius 2 is 1.72 bits per heavy atom. The molecule has 2 atom stereocenters. The summed E-state index contributed by atoms with van der Waals surface area (Å²) in [5.41, 5.74) is 1.86. The molecule has 8 nitrogen and oxygen atoms in total. The van der Waals surface area contributed by atoms with E-state index in [2.05, 4.69) is 15.1 Å². The van der Waals surface area contributed by atoms with Gasteiger partial charge in [0.1, 0.15) is 17.3 Å². The van der Waals surface area contributed by atoms with Crippen molar-refractivity contribution in [2.75, 3.05) is 9.73 Å². The Morgan fingerprint density at radius 1 is 1.06 bits per heavy atom. The minimum Gasteiger partial charge on any atom is -0.385 e. The maximum absolute atomic E-state index is 12.9. The number of nitrogens with zero attached hydrogens (tertiary/aromatic N) is 2. The molecule has 0 radical (unpaired) electrons. The second-order valence-electron chi connectivity index (χ2n) is 7.84. The first kappa shape index (κ1) is 26.0. The van der Waals surface area contributed by atoms with Crippen molar-refractivity contribution in [1.82, 2.24) is 5.32 Å². The van der Waals surface area contributed by atoms with Crippen LogP contribution in [-0.2, 0) is 16.1 Å². The van der Waals surface area contributed by atoms with Crippen LogP contribution in [0.3, 0.4) is 0 Å². The molecule has 3 aromatic carbocycles. The molecule has 3 aromatic rings. The van der Waals surface area contributed by atoms with Crippen molar-refractivity contribution in [3.8, 4) is 5.75 Å². The van der Waals surface area contributed by atoms with Crippen LogP contribution >= 0.6 is 34.8 Å². The number of halogens is 3. The van der Waals surface area contributed by atoms with Gasteiger partial charge in [0.05, 0.1) is 21.7 Å². The fraction of sp³-hybridized carbons (Fsp3) is 0.125. The van der Waals surface area contributed by atoms with Crippen molar-refractivity contribution in [2.45, 2.75) is 13.8 Å².